The molecule has 0 aromatic carbocycles. The van der Waals surface area contributed by atoms with Gasteiger partial charge in [-0.1, -0.05) is 13.5 Å². The van der Waals surface area contributed by atoms with Crippen LogP contribution in [0.5, 0.6) is 0 Å². The van der Waals surface area contributed by atoms with Gasteiger partial charge in [0, 0.05) is 6.20 Å². The molecule has 0 spiro atoms. The number of nitrogens with zero attached hydrogens (tertiary/aromatic N) is 2. The summed E-state index contributed by atoms with van der Waals surface area (Å²) in [5.74, 6) is -0.266. The van der Waals surface area contributed by atoms with Gasteiger partial charge in [-0.3, -0.25) is 9.78 Å². The van der Waals surface area contributed by atoms with Crippen LogP contribution in [0.3, 0.4) is 0 Å². The van der Waals surface area contributed by atoms with E-state index in [1.807, 2.05) is 6.07 Å². The number of anilines is 1. The summed E-state index contributed by atoms with van der Waals surface area (Å²) in [7, 11) is 0. The Morgan fingerprint density at radius 1 is 1.30 bits per heavy atom. The number of aromatic nitrogens is 2. The summed E-state index contributed by atoms with van der Waals surface area (Å²) >= 11 is 0. The van der Waals surface area contributed by atoms with Gasteiger partial charge in [-0.15, -0.1) is 0 Å². The standard InChI is InChI=1S/C26H27F2N3O2/c1-16(3-6-19(32)9-11-27)24-21(28)7-8-22(30-24)25(33)31-23-15-29-12-10-20(23)17-4-5-18-14-26(18,2)13-17/h3,6-10,12,15,17-18,32H,1,4-5,11,13-14H2,2H3,(H,31,33)/b6-3-,19-9+/t17-,18?,26?/m0/s1. The largest absolute Gasteiger partial charge is 0.508 e. The minimum atomic E-state index is -0.831. The molecule has 172 valence electrons. The molecule has 2 aliphatic rings. The monoisotopic (exact) mass is 451 g/mol. The van der Waals surface area contributed by atoms with E-state index in [2.05, 4.69) is 28.8 Å². The summed E-state index contributed by atoms with van der Waals surface area (Å²) in [5, 5.41) is 12.4. The third-order valence-corrected chi connectivity index (χ3v) is 6.78. The molecule has 33 heavy (non-hydrogen) atoms. The van der Waals surface area contributed by atoms with E-state index >= 15 is 0 Å². The lowest BCUT2D eigenvalue weighted by Crippen LogP contribution is -2.19. The summed E-state index contributed by atoms with van der Waals surface area (Å²) in [6.45, 7) is 5.24. The second-order valence-corrected chi connectivity index (χ2v) is 9.12. The Morgan fingerprint density at radius 3 is 2.88 bits per heavy atom. The van der Waals surface area contributed by atoms with Gasteiger partial charge in [-0.25, -0.2) is 13.8 Å². The number of carbonyl (C=O) groups is 1. The summed E-state index contributed by atoms with van der Waals surface area (Å²) in [6.07, 6.45) is 11.5. The van der Waals surface area contributed by atoms with Gasteiger partial charge in [0.2, 0.25) is 0 Å². The number of amides is 1. The summed E-state index contributed by atoms with van der Waals surface area (Å²) in [5.41, 5.74) is 2.15. The fraction of sp³-hybridized carbons (Fsp3) is 0.346. The third-order valence-electron chi connectivity index (χ3n) is 6.78. The van der Waals surface area contributed by atoms with Crippen molar-refractivity contribution in [3.05, 3.63) is 83.9 Å². The molecule has 2 saturated carbocycles. The molecular formula is C26H27F2N3O2. The van der Waals surface area contributed by atoms with Gasteiger partial charge in [-0.2, -0.15) is 0 Å². The maximum Gasteiger partial charge on any atom is 0.274 e. The van der Waals surface area contributed by atoms with Crippen LogP contribution in [0.1, 0.15) is 60.3 Å². The minimum Gasteiger partial charge on any atom is -0.508 e. The normalized spacial score (nSPS) is 24.4. The van der Waals surface area contributed by atoms with Crippen LogP contribution in [-0.4, -0.2) is 27.7 Å². The van der Waals surface area contributed by atoms with Crippen molar-refractivity contribution in [1.82, 2.24) is 9.97 Å². The molecule has 2 aromatic rings. The average Bonchev–Trinajstić information content (AvgIpc) is 3.48. The molecule has 1 amide bonds. The molecule has 4 rings (SSSR count). The first-order valence-electron chi connectivity index (χ1n) is 11.0. The van der Waals surface area contributed by atoms with E-state index in [1.165, 1.54) is 31.1 Å². The van der Waals surface area contributed by atoms with Crippen LogP contribution in [0.15, 0.2) is 61.2 Å². The molecule has 2 fully saturated rings. The number of hydrogen-bond donors (Lipinski definition) is 2. The second kappa shape index (κ2) is 9.25. The van der Waals surface area contributed by atoms with Crippen LogP contribution in [0.25, 0.3) is 5.57 Å². The van der Waals surface area contributed by atoms with Crippen molar-refractivity contribution in [2.45, 2.75) is 38.5 Å². The Hall–Kier alpha value is -3.35. The number of halogens is 2. The van der Waals surface area contributed by atoms with E-state index in [9.17, 15) is 18.7 Å². The number of carbonyl (C=O) groups excluding carboxylic acids is 1. The molecule has 2 aliphatic carbocycles. The number of aliphatic hydroxyl groups excluding tert-OH is 1. The molecule has 2 heterocycles. The molecule has 5 nitrogen and oxygen atoms in total. The fourth-order valence-electron chi connectivity index (χ4n) is 4.80. The zero-order valence-electron chi connectivity index (χ0n) is 18.5. The van der Waals surface area contributed by atoms with E-state index in [4.69, 9.17) is 0 Å². The molecular weight excluding hydrogens is 424 g/mol. The first kappa shape index (κ1) is 22.8. The second-order valence-electron chi connectivity index (χ2n) is 9.12. The van der Waals surface area contributed by atoms with Crippen molar-refractivity contribution in [2.24, 2.45) is 11.3 Å². The van der Waals surface area contributed by atoms with Crippen molar-refractivity contribution in [3.63, 3.8) is 0 Å². The Morgan fingerprint density at radius 2 is 2.12 bits per heavy atom. The van der Waals surface area contributed by atoms with Crippen LogP contribution in [0.4, 0.5) is 14.5 Å². The SMILES string of the molecule is C=C(/C=C\C(O)=C/CF)c1nc(C(=O)Nc2cnccc2[C@H]2CCC3CC3(C)C2)ccc1F. The predicted octanol–water partition coefficient (Wildman–Crippen LogP) is 6.14. The highest BCUT2D eigenvalue weighted by molar-refractivity contribution is 6.03. The quantitative estimate of drug-likeness (QED) is 0.392. The zero-order valence-corrected chi connectivity index (χ0v) is 18.5. The lowest BCUT2D eigenvalue weighted by Gasteiger charge is -2.28. The van der Waals surface area contributed by atoms with E-state index in [1.54, 1.807) is 12.4 Å². The van der Waals surface area contributed by atoms with Gasteiger partial charge < -0.3 is 10.4 Å². The number of aliphatic hydroxyl groups is 1. The smallest absolute Gasteiger partial charge is 0.274 e. The van der Waals surface area contributed by atoms with Crippen molar-refractivity contribution in [2.75, 3.05) is 12.0 Å². The number of nitrogens with one attached hydrogen (secondary N) is 1. The minimum absolute atomic E-state index is 0.0251. The van der Waals surface area contributed by atoms with Crippen LogP contribution in [-0.2, 0) is 0 Å². The molecule has 0 bridgehead atoms. The molecule has 3 atom stereocenters. The highest BCUT2D eigenvalue weighted by Gasteiger charge is 2.53. The summed E-state index contributed by atoms with van der Waals surface area (Å²) in [4.78, 5) is 21.3. The van der Waals surface area contributed by atoms with Crippen LogP contribution >= 0.6 is 0 Å². The Bertz CT molecular complexity index is 1140. The third kappa shape index (κ3) is 5.02. The van der Waals surface area contributed by atoms with Crippen molar-refractivity contribution < 1.29 is 18.7 Å². The molecule has 0 radical (unpaired) electrons. The van der Waals surface area contributed by atoms with Gasteiger partial charge in [0.25, 0.3) is 5.91 Å². The fourth-order valence-corrected chi connectivity index (χ4v) is 4.80. The Kier molecular flexibility index (Phi) is 6.40. The maximum absolute atomic E-state index is 14.3. The number of hydrogen-bond acceptors (Lipinski definition) is 4. The molecule has 2 N–H and O–H groups in total. The summed E-state index contributed by atoms with van der Waals surface area (Å²) < 4.78 is 26.6. The topological polar surface area (TPSA) is 75.1 Å². The van der Waals surface area contributed by atoms with Gasteiger partial charge >= 0.3 is 0 Å². The molecule has 2 unspecified atom stereocenters. The number of allylic oxidation sites excluding steroid dienone is 4. The van der Waals surface area contributed by atoms with Crippen LogP contribution in [0.2, 0.25) is 0 Å². The van der Waals surface area contributed by atoms with Crippen LogP contribution < -0.4 is 5.32 Å². The van der Waals surface area contributed by atoms with Crippen molar-refractivity contribution in [3.8, 4) is 0 Å². The van der Waals surface area contributed by atoms with Gasteiger partial charge in [0.15, 0.2) is 0 Å². The maximum atomic E-state index is 14.3. The first-order valence-corrected chi connectivity index (χ1v) is 11.0. The number of rotatable bonds is 7. The number of alkyl halides is 1. The van der Waals surface area contributed by atoms with Gasteiger partial charge in [0.05, 0.1) is 11.9 Å². The van der Waals surface area contributed by atoms with E-state index in [-0.39, 0.29) is 22.7 Å². The lowest BCUT2D eigenvalue weighted by atomic mass is 9.78. The number of fused-ring (bicyclic) bond motifs is 1. The molecule has 2 aromatic heterocycles. The molecule has 0 saturated heterocycles. The molecule has 7 heteroatoms. The van der Waals surface area contributed by atoms with Crippen molar-refractivity contribution >= 4 is 17.2 Å². The van der Waals surface area contributed by atoms with E-state index < -0.39 is 18.4 Å². The average molecular weight is 452 g/mol. The zero-order chi connectivity index (χ0) is 23.6. The summed E-state index contributed by atoms with van der Waals surface area (Å²) in [6, 6.07) is 4.41. The van der Waals surface area contributed by atoms with Crippen LogP contribution in [0, 0.1) is 17.2 Å². The van der Waals surface area contributed by atoms with Gasteiger partial charge in [0.1, 0.15) is 29.6 Å². The highest BCUT2D eigenvalue weighted by atomic mass is 19.1. The van der Waals surface area contributed by atoms with Crippen molar-refractivity contribution in [1.29, 1.82) is 0 Å². The highest BCUT2D eigenvalue weighted by Crippen LogP contribution is 2.64. The van der Waals surface area contributed by atoms with Gasteiger partial charge in [-0.05, 0) is 90.5 Å². The number of pyridine rings is 2. The Balaban J connectivity index is 1.52. The van der Waals surface area contributed by atoms with E-state index in [0.29, 0.717) is 17.0 Å². The predicted molar refractivity (Wildman–Crippen MR) is 124 cm³/mol. The first-order chi connectivity index (χ1) is 15.8. The Labute approximate surface area is 192 Å². The molecule has 0 aliphatic heterocycles. The van der Waals surface area contributed by atoms with E-state index in [0.717, 1.165) is 36.5 Å². The lowest BCUT2D eigenvalue weighted by molar-refractivity contribution is 0.102.